The Hall–Kier alpha value is -3.25. The van der Waals surface area contributed by atoms with Crippen molar-refractivity contribution in [3.63, 3.8) is 0 Å². The Kier molecular flexibility index (Phi) is 8.93. The van der Waals surface area contributed by atoms with Gasteiger partial charge in [-0.3, -0.25) is 4.79 Å². The van der Waals surface area contributed by atoms with Gasteiger partial charge >= 0.3 is 5.97 Å². The number of halogens is 3. The summed E-state index contributed by atoms with van der Waals surface area (Å²) in [5, 5.41) is 19.4. The number of ether oxygens (including phenoxy) is 1. The molecular weight excluding hydrogens is 648 g/mol. The molecule has 12 heteroatoms. The molecule has 0 saturated heterocycles. The number of benzene rings is 3. The van der Waals surface area contributed by atoms with Gasteiger partial charge in [0.25, 0.3) is 5.91 Å². The highest BCUT2D eigenvalue weighted by molar-refractivity contribution is 9.11. The summed E-state index contributed by atoms with van der Waals surface area (Å²) < 4.78 is 6.32. The number of hydrogen-bond donors (Lipinski definition) is 3. The van der Waals surface area contributed by atoms with Crippen LogP contribution in [0.25, 0.3) is 11.3 Å². The number of nitrogens with zero attached hydrogens (tertiary/aromatic N) is 2. The third kappa shape index (κ3) is 7.39. The molecule has 3 N–H and O–H groups in total. The van der Waals surface area contributed by atoms with Gasteiger partial charge in [0.1, 0.15) is 5.75 Å². The van der Waals surface area contributed by atoms with Crippen LogP contribution in [0.4, 0.5) is 10.8 Å². The molecule has 0 aliphatic rings. The second-order valence-corrected chi connectivity index (χ2v) is 10.4. The molecule has 0 unspecified atom stereocenters. The van der Waals surface area contributed by atoms with E-state index in [-0.39, 0.29) is 5.91 Å². The molecule has 4 rings (SSSR count). The maximum atomic E-state index is 12.5. The molecule has 0 spiro atoms. The van der Waals surface area contributed by atoms with Gasteiger partial charge in [0.15, 0.2) is 11.7 Å². The highest BCUT2D eigenvalue weighted by atomic mass is 79.9. The van der Waals surface area contributed by atoms with Crippen LogP contribution >= 0.6 is 54.8 Å². The zero-order valence-electron chi connectivity index (χ0n) is 18.7. The van der Waals surface area contributed by atoms with Crippen molar-refractivity contribution in [2.75, 3.05) is 11.9 Å². The van der Waals surface area contributed by atoms with Gasteiger partial charge < -0.3 is 15.2 Å². The van der Waals surface area contributed by atoms with Gasteiger partial charge in [-0.25, -0.2) is 15.2 Å². The lowest BCUT2D eigenvalue weighted by Crippen LogP contribution is -2.17. The van der Waals surface area contributed by atoms with E-state index in [1.54, 1.807) is 36.4 Å². The molecule has 1 amide bonds. The van der Waals surface area contributed by atoms with Crippen LogP contribution in [0.15, 0.2) is 80.1 Å². The summed E-state index contributed by atoms with van der Waals surface area (Å²) in [4.78, 5) is 27.8. The van der Waals surface area contributed by atoms with E-state index in [1.807, 2.05) is 29.6 Å². The van der Waals surface area contributed by atoms with Gasteiger partial charge in [-0.05, 0) is 86.0 Å². The maximum Gasteiger partial charge on any atom is 0.341 e. The van der Waals surface area contributed by atoms with E-state index in [9.17, 15) is 9.59 Å². The maximum absolute atomic E-state index is 12.5. The number of carbonyl (C=O) groups is 2. The lowest BCUT2D eigenvalue weighted by atomic mass is 10.1. The van der Waals surface area contributed by atoms with E-state index < -0.39 is 12.6 Å². The van der Waals surface area contributed by atoms with E-state index in [4.69, 9.17) is 21.4 Å². The standard InChI is InChI=1S/C25H17Br2ClN4O4S/c26-19-9-14(10-20(27)23(19)36-12-22(33)34)11-29-32-24(35)16-3-1-15(2-4-16)21-13-37-25(31-21)30-18-7-5-17(28)6-8-18/h1-11,13H,12H2,(H,30,31)(H,32,35)(H,33,34)/b29-11-. The molecule has 3 aromatic carbocycles. The second-order valence-electron chi connectivity index (χ2n) is 7.44. The van der Waals surface area contributed by atoms with Crippen molar-refractivity contribution < 1.29 is 19.4 Å². The molecule has 0 bridgehead atoms. The first-order chi connectivity index (χ1) is 17.8. The molecule has 4 aromatic rings. The first-order valence-corrected chi connectivity index (χ1v) is 13.4. The lowest BCUT2D eigenvalue weighted by molar-refractivity contribution is -0.139. The lowest BCUT2D eigenvalue weighted by Gasteiger charge is -2.09. The Morgan fingerprint density at radius 3 is 2.41 bits per heavy atom. The molecule has 37 heavy (non-hydrogen) atoms. The summed E-state index contributed by atoms with van der Waals surface area (Å²) in [7, 11) is 0. The number of carboxylic acid groups (broad SMARTS) is 1. The van der Waals surface area contributed by atoms with Crippen molar-refractivity contribution in [1.82, 2.24) is 10.4 Å². The fraction of sp³-hybridized carbons (Fsp3) is 0.0400. The Morgan fingerprint density at radius 1 is 1.08 bits per heavy atom. The Labute approximate surface area is 237 Å². The van der Waals surface area contributed by atoms with Crippen molar-refractivity contribution in [2.24, 2.45) is 5.10 Å². The van der Waals surface area contributed by atoms with Crippen molar-refractivity contribution in [1.29, 1.82) is 0 Å². The molecular formula is C25H17Br2ClN4O4S. The van der Waals surface area contributed by atoms with E-state index in [2.05, 4.69) is 52.7 Å². The van der Waals surface area contributed by atoms with E-state index in [0.29, 0.717) is 30.8 Å². The third-order valence-electron chi connectivity index (χ3n) is 4.78. The van der Waals surface area contributed by atoms with Crippen LogP contribution in [-0.4, -0.2) is 34.8 Å². The van der Waals surface area contributed by atoms with Crippen molar-refractivity contribution in [3.05, 3.63) is 91.1 Å². The van der Waals surface area contributed by atoms with Crippen LogP contribution < -0.4 is 15.5 Å². The minimum absolute atomic E-state index is 0.358. The number of rotatable bonds is 9. The molecule has 0 atom stereocenters. The van der Waals surface area contributed by atoms with Crippen molar-refractivity contribution in [2.45, 2.75) is 0 Å². The van der Waals surface area contributed by atoms with Gasteiger partial charge in [-0.2, -0.15) is 5.10 Å². The molecule has 1 aromatic heterocycles. The Bertz CT molecular complexity index is 1440. The second kappa shape index (κ2) is 12.3. The molecule has 0 fully saturated rings. The molecule has 8 nitrogen and oxygen atoms in total. The number of aromatic nitrogens is 1. The average Bonchev–Trinajstić information content (AvgIpc) is 3.33. The molecule has 1 heterocycles. The molecule has 0 radical (unpaired) electrons. The van der Waals surface area contributed by atoms with Crippen LogP contribution in [0.3, 0.4) is 0 Å². The molecule has 188 valence electrons. The number of thiazole rings is 1. The number of amides is 1. The van der Waals surface area contributed by atoms with E-state index in [1.165, 1.54) is 17.6 Å². The fourth-order valence-corrected chi connectivity index (χ4v) is 5.39. The molecule has 0 aliphatic heterocycles. The number of aliphatic carboxylic acids is 1. The summed E-state index contributed by atoms with van der Waals surface area (Å²) in [5.41, 5.74) is 6.14. The quantitative estimate of drug-likeness (QED) is 0.132. The fourth-order valence-electron chi connectivity index (χ4n) is 3.07. The summed E-state index contributed by atoms with van der Waals surface area (Å²) in [6.45, 7) is -0.469. The number of carboxylic acids is 1. The monoisotopic (exact) mass is 662 g/mol. The van der Waals surface area contributed by atoms with Crippen LogP contribution in [0.2, 0.25) is 5.02 Å². The average molecular weight is 665 g/mol. The highest BCUT2D eigenvalue weighted by Crippen LogP contribution is 2.34. The third-order valence-corrected chi connectivity index (χ3v) is 6.97. The molecule has 0 saturated carbocycles. The van der Waals surface area contributed by atoms with Gasteiger partial charge in [0, 0.05) is 27.2 Å². The smallest absolute Gasteiger partial charge is 0.341 e. The van der Waals surface area contributed by atoms with Gasteiger partial charge in [0.05, 0.1) is 20.9 Å². The van der Waals surface area contributed by atoms with Crippen LogP contribution in [0, 0.1) is 0 Å². The van der Waals surface area contributed by atoms with Crippen LogP contribution in [-0.2, 0) is 4.79 Å². The number of nitrogens with one attached hydrogen (secondary N) is 2. The topological polar surface area (TPSA) is 113 Å². The van der Waals surface area contributed by atoms with Crippen LogP contribution in [0.1, 0.15) is 15.9 Å². The number of anilines is 2. The summed E-state index contributed by atoms with van der Waals surface area (Å²) in [6.07, 6.45) is 1.47. The number of hydrogen-bond acceptors (Lipinski definition) is 7. The summed E-state index contributed by atoms with van der Waals surface area (Å²) in [5.74, 6) is -1.09. The minimum Gasteiger partial charge on any atom is -0.480 e. The zero-order chi connectivity index (χ0) is 26.4. The predicted molar refractivity (Wildman–Crippen MR) is 152 cm³/mol. The first-order valence-electron chi connectivity index (χ1n) is 10.5. The summed E-state index contributed by atoms with van der Waals surface area (Å²) >= 11 is 14.1. The highest BCUT2D eigenvalue weighted by Gasteiger charge is 2.11. The number of hydrazone groups is 1. The van der Waals surface area contributed by atoms with E-state index in [0.717, 1.165) is 22.1 Å². The SMILES string of the molecule is O=C(O)COc1c(Br)cc(/C=N\NC(=O)c2ccc(-c3csc(Nc4ccc(Cl)cc4)n3)cc2)cc1Br. The van der Waals surface area contributed by atoms with Gasteiger partial charge in [-0.15, -0.1) is 11.3 Å². The number of carbonyl (C=O) groups excluding carboxylic acids is 1. The van der Waals surface area contributed by atoms with Crippen LogP contribution in [0.5, 0.6) is 5.75 Å². The van der Waals surface area contributed by atoms with Gasteiger partial charge in [-0.1, -0.05) is 23.7 Å². The zero-order valence-corrected chi connectivity index (χ0v) is 23.5. The summed E-state index contributed by atoms with van der Waals surface area (Å²) in [6, 6.07) is 17.8. The predicted octanol–water partition coefficient (Wildman–Crippen LogP) is 6.96. The Balaban J connectivity index is 1.35. The van der Waals surface area contributed by atoms with E-state index >= 15 is 0 Å². The molecule has 0 aliphatic carbocycles. The normalized spacial score (nSPS) is 10.9. The van der Waals surface area contributed by atoms with Gasteiger partial charge in [0.2, 0.25) is 0 Å². The minimum atomic E-state index is -1.08. The Morgan fingerprint density at radius 2 is 1.76 bits per heavy atom. The van der Waals surface area contributed by atoms with Crippen molar-refractivity contribution >= 4 is 83.7 Å². The largest absolute Gasteiger partial charge is 0.480 e. The first kappa shape index (κ1) is 26.8. The van der Waals surface area contributed by atoms with Crippen molar-refractivity contribution in [3.8, 4) is 17.0 Å².